The molecule has 0 aliphatic carbocycles. The van der Waals surface area contributed by atoms with Crippen LogP contribution in [0.4, 0.5) is 0 Å². The number of nitrogens with zero attached hydrogens (tertiary/aromatic N) is 1. The molecule has 1 N–H and O–H groups in total. The maximum Gasteiger partial charge on any atom is 0.0593 e. The standard InChI is InChI=1S/C11H24N2O/c1-10(2)9-14-7-6-13-5-4-12-8-11(13)3/h10-12H,4-9H2,1-3H3. The van der Waals surface area contributed by atoms with Gasteiger partial charge in [-0.2, -0.15) is 0 Å². The Morgan fingerprint density at radius 2 is 2.29 bits per heavy atom. The van der Waals surface area contributed by atoms with E-state index >= 15 is 0 Å². The van der Waals surface area contributed by atoms with Gasteiger partial charge in [-0.05, 0) is 12.8 Å². The fraction of sp³-hybridized carbons (Fsp3) is 1.00. The van der Waals surface area contributed by atoms with E-state index in [2.05, 4.69) is 31.0 Å². The summed E-state index contributed by atoms with van der Waals surface area (Å²) in [5.41, 5.74) is 0. The molecule has 0 saturated carbocycles. The van der Waals surface area contributed by atoms with Crippen molar-refractivity contribution >= 4 is 0 Å². The number of rotatable bonds is 5. The molecular weight excluding hydrogens is 176 g/mol. The van der Waals surface area contributed by atoms with Gasteiger partial charge in [0.1, 0.15) is 0 Å². The van der Waals surface area contributed by atoms with Crippen molar-refractivity contribution in [2.24, 2.45) is 5.92 Å². The first-order valence-corrected chi connectivity index (χ1v) is 5.72. The van der Waals surface area contributed by atoms with Crippen molar-refractivity contribution in [1.82, 2.24) is 10.2 Å². The summed E-state index contributed by atoms with van der Waals surface area (Å²) in [5.74, 6) is 0.649. The second-order valence-electron chi connectivity index (χ2n) is 4.56. The van der Waals surface area contributed by atoms with Gasteiger partial charge < -0.3 is 10.1 Å². The quantitative estimate of drug-likeness (QED) is 0.669. The van der Waals surface area contributed by atoms with Crippen LogP contribution in [0.1, 0.15) is 20.8 Å². The van der Waals surface area contributed by atoms with Crippen molar-refractivity contribution in [3.63, 3.8) is 0 Å². The summed E-state index contributed by atoms with van der Waals surface area (Å²) in [5, 5.41) is 3.39. The highest BCUT2D eigenvalue weighted by Crippen LogP contribution is 2.01. The van der Waals surface area contributed by atoms with Crippen LogP contribution >= 0.6 is 0 Å². The van der Waals surface area contributed by atoms with Crippen LogP contribution in [0.5, 0.6) is 0 Å². The van der Waals surface area contributed by atoms with E-state index in [9.17, 15) is 0 Å². The largest absolute Gasteiger partial charge is 0.380 e. The second-order valence-corrected chi connectivity index (χ2v) is 4.56. The molecule has 0 aromatic heterocycles. The number of hydrogen-bond donors (Lipinski definition) is 1. The number of nitrogens with one attached hydrogen (secondary N) is 1. The molecule has 0 spiro atoms. The highest BCUT2D eigenvalue weighted by atomic mass is 16.5. The van der Waals surface area contributed by atoms with E-state index in [0.29, 0.717) is 12.0 Å². The van der Waals surface area contributed by atoms with E-state index in [-0.39, 0.29) is 0 Å². The van der Waals surface area contributed by atoms with E-state index in [0.717, 1.165) is 39.4 Å². The van der Waals surface area contributed by atoms with Gasteiger partial charge in [-0.25, -0.2) is 0 Å². The Bertz CT molecular complexity index is 150. The molecule has 1 rings (SSSR count). The summed E-state index contributed by atoms with van der Waals surface area (Å²) in [4.78, 5) is 2.50. The molecule has 0 amide bonds. The molecule has 3 heteroatoms. The molecule has 1 unspecified atom stereocenters. The van der Waals surface area contributed by atoms with Crippen LogP contribution in [0.25, 0.3) is 0 Å². The SMILES string of the molecule is CC(C)COCCN1CCNCC1C. The average molecular weight is 200 g/mol. The maximum atomic E-state index is 5.58. The van der Waals surface area contributed by atoms with Crippen LogP contribution in [-0.4, -0.2) is 50.3 Å². The molecule has 0 aromatic rings. The van der Waals surface area contributed by atoms with Crippen LogP contribution in [0, 0.1) is 5.92 Å². The van der Waals surface area contributed by atoms with E-state index in [1.165, 1.54) is 0 Å². The number of ether oxygens (including phenoxy) is 1. The first-order chi connectivity index (χ1) is 6.70. The lowest BCUT2D eigenvalue weighted by atomic mass is 10.2. The minimum atomic E-state index is 0.649. The summed E-state index contributed by atoms with van der Waals surface area (Å²) >= 11 is 0. The fourth-order valence-electron chi connectivity index (χ4n) is 1.72. The molecule has 1 fully saturated rings. The van der Waals surface area contributed by atoms with Gasteiger partial charge in [0, 0.05) is 38.8 Å². The molecule has 0 radical (unpaired) electrons. The molecule has 84 valence electrons. The van der Waals surface area contributed by atoms with Crippen molar-refractivity contribution in [3.05, 3.63) is 0 Å². The normalized spacial score (nSPS) is 24.4. The lowest BCUT2D eigenvalue weighted by Crippen LogP contribution is -2.50. The first-order valence-electron chi connectivity index (χ1n) is 5.72. The molecule has 1 aliphatic heterocycles. The van der Waals surface area contributed by atoms with Crippen molar-refractivity contribution in [1.29, 1.82) is 0 Å². The monoisotopic (exact) mass is 200 g/mol. The lowest BCUT2D eigenvalue weighted by molar-refractivity contribution is 0.0678. The third kappa shape index (κ3) is 4.40. The van der Waals surface area contributed by atoms with E-state index in [4.69, 9.17) is 4.74 Å². The Hall–Kier alpha value is -0.120. The summed E-state index contributed by atoms with van der Waals surface area (Å²) in [6.45, 7) is 12.9. The van der Waals surface area contributed by atoms with Gasteiger partial charge in [0.05, 0.1) is 6.61 Å². The van der Waals surface area contributed by atoms with Gasteiger partial charge in [0.2, 0.25) is 0 Å². The van der Waals surface area contributed by atoms with Gasteiger partial charge in [-0.1, -0.05) is 13.8 Å². The summed E-state index contributed by atoms with van der Waals surface area (Å²) in [6.07, 6.45) is 0. The second kappa shape index (κ2) is 6.38. The summed E-state index contributed by atoms with van der Waals surface area (Å²) in [6, 6.07) is 0.659. The summed E-state index contributed by atoms with van der Waals surface area (Å²) in [7, 11) is 0. The highest BCUT2D eigenvalue weighted by Gasteiger charge is 2.16. The topological polar surface area (TPSA) is 24.5 Å². The third-order valence-corrected chi connectivity index (χ3v) is 2.61. The van der Waals surface area contributed by atoms with Gasteiger partial charge in [-0.15, -0.1) is 0 Å². The average Bonchev–Trinajstić information content (AvgIpc) is 2.15. The minimum Gasteiger partial charge on any atom is -0.380 e. The molecule has 1 aliphatic rings. The fourth-order valence-corrected chi connectivity index (χ4v) is 1.72. The van der Waals surface area contributed by atoms with E-state index in [1.807, 2.05) is 0 Å². The Kier molecular flexibility index (Phi) is 5.45. The van der Waals surface area contributed by atoms with Gasteiger partial charge >= 0.3 is 0 Å². The molecule has 14 heavy (non-hydrogen) atoms. The smallest absolute Gasteiger partial charge is 0.0593 e. The molecule has 1 atom stereocenters. The van der Waals surface area contributed by atoms with Crippen LogP contribution in [-0.2, 0) is 4.74 Å². The van der Waals surface area contributed by atoms with Crippen molar-refractivity contribution < 1.29 is 4.74 Å². The summed E-state index contributed by atoms with van der Waals surface area (Å²) < 4.78 is 5.58. The zero-order valence-electron chi connectivity index (χ0n) is 9.75. The number of hydrogen-bond acceptors (Lipinski definition) is 3. The lowest BCUT2D eigenvalue weighted by Gasteiger charge is -2.33. The maximum absolute atomic E-state index is 5.58. The molecule has 1 saturated heterocycles. The Balaban J connectivity index is 2.04. The predicted octanol–water partition coefficient (Wildman–Crippen LogP) is 0.953. The van der Waals surface area contributed by atoms with Crippen LogP contribution in [0.3, 0.4) is 0 Å². The molecular formula is C11H24N2O. The van der Waals surface area contributed by atoms with Crippen molar-refractivity contribution in [3.8, 4) is 0 Å². The first kappa shape index (κ1) is 12.0. The van der Waals surface area contributed by atoms with E-state index in [1.54, 1.807) is 0 Å². The van der Waals surface area contributed by atoms with Gasteiger partial charge in [0.25, 0.3) is 0 Å². The Morgan fingerprint density at radius 3 is 2.93 bits per heavy atom. The Labute approximate surface area is 87.8 Å². The van der Waals surface area contributed by atoms with Gasteiger partial charge in [0.15, 0.2) is 0 Å². The van der Waals surface area contributed by atoms with Crippen LogP contribution < -0.4 is 5.32 Å². The predicted molar refractivity (Wildman–Crippen MR) is 59.6 cm³/mol. The van der Waals surface area contributed by atoms with Crippen molar-refractivity contribution in [2.45, 2.75) is 26.8 Å². The molecule has 3 nitrogen and oxygen atoms in total. The van der Waals surface area contributed by atoms with Crippen LogP contribution in [0.15, 0.2) is 0 Å². The zero-order chi connectivity index (χ0) is 10.4. The number of piperazine rings is 1. The van der Waals surface area contributed by atoms with Crippen molar-refractivity contribution in [2.75, 3.05) is 39.4 Å². The van der Waals surface area contributed by atoms with Crippen LogP contribution in [0.2, 0.25) is 0 Å². The molecule has 1 heterocycles. The Morgan fingerprint density at radius 1 is 1.50 bits per heavy atom. The molecule has 0 aromatic carbocycles. The van der Waals surface area contributed by atoms with E-state index < -0.39 is 0 Å². The zero-order valence-corrected chi connectivity index (χ0v) is 9.75. The molecule has 0 bridgehead atoms. The van der Waals surface area contributed by atoms with Gasteiger partial charge in [-0.3, -0.25) is 4.90 Å². The highest BCUT2D eigenvalue weighted by molar-refractivity contribution is 4.75. The third-order valence-electron chi connectivity index (χ3n) is 2.61. The minimum absolute atomic E-state index is 0.649.